The maximum atomic E-state index is 12.8. The number of rotatable bonds is 4. The van der Waals surface area contributed by atoms with Crippen LogP contribution in [0.1, 0.15) is 50.2 Å². The standard InChI is InChI=1S/C21H26N2O4S/c1-5-27-19(25)17-12-13-11-14(8-9-16(13)28-17)22-18(24)15-7-6-10-23(15)20(26)21(2,3)4/h8-9,11-12,15H,5-7,10H2,1-4H3,(H,22,24). The van der Waals surface area contributed by atoms with Gasteiger partial charge in [0.25, 0.3) is 0 Å². The van der Waals surface area contributed by atoms with Crippen molar-refractivity contribution in [2.24, 2.45) is 5.41 Å². The number of thiophene rings is 1. The second kappa shape index (κ2) is 7.91. The van der Waals surface area contributed by atoms with E-state index in [9.17, 15) is 14.4 Å². The van der Waals surface area contributed by atoms with Crippen LogP contribution in [-0.2, 0) is 14.3 Å². The Balaban J connectivity index is 1.75. The Bertz CT molecular complexity index is 913. The second-order valence-electron chi connectivity index (χ2n) is 7.98. The molecule has 1 N–H and O–H groups in total. The molecule has 1 aromatic carbocycles. The van der Waals surface area contributed by atoms with E-state index in [1.54, 1.807) is 17.9 Å². The van der Waals surface area contributed by atoms with Crippen molar-refractivity contribution in [2.75, 3.05) is 18.5 Å². The molecular formula is C21H26N2O4S. The second-order valence-corrected chi connectivity index (χ2v) is 9.06. The Hall–Kier alpha value is -2.41. The molecule has 1 aromatic heterocycles. The van der Waals surface area contributed by atoms with E-state index < -0.39 is 11.5 Å². The largest absolute Gasteiger partial charge is 0.462 e. The molecule has 3 rings (SSSR count). The minimum atomic E-state index is -0.512. The number of nitrogens with zero attached hydrogens (tertiary/aromatic N) is 1. The Labute approximate surface area is 168 Å². The highest BCUT2D eigenvalue weighted by atomic mass is 32.1. The molecule has 1 fully saturated rings. The third kappa shape index (κ3) is 4.19. The first-order chi connectivity index (χ1) is 13.2. The van der Waals surface area contributed by atoms with E-state index in [2.05, 4.69) is 5.32 Å². The molecule has 1 aliphatic rings. The molecule has 150 valence electrons. The molecule has 6 nitrogen and oxygen atoms in total. The number of fused-ring (bicyclic) bond motifs is 1. The van der Waals surface area contributed by atoms with Gasteiger partial charge in [-0.15, -0.1) is 11.3 Å². The van der Waals surface area contributed by atoms with Crippen LogP contribution in [0, 0.1) is 5.41 Å². The summed E-state index contributed by atoms with van der Waals surface area (Å²) in [6.07, 6.45) is 1.49. The molecule has 0 aliphatic carbocycles. The number of hydrogen-bond acceptors (Lipinski definition) is 5. The average Bonchev–Trinajstić information content (AvgIpc) is 3.27. The molecule has 0 saturated carbocycles. The van der Waals surface area contributed by atoms with Gasteiger partial charge in [0.2, 0.25) is 11.8 Å². The van der Waals surface area contributed by atoms with Crippen molar-refractivity contribution < 1.29 is 19.1 Å². The Morgan fingerprint density at radius 1 is 1.25 bits per heavy atom. The lowest BCUT2D eigenvalue weighted by Crippen LogP contribution is -2.47. The van der Waals surface area contributed by atoms with Gasteiger partial charge in [-0.1, -0.05) is 20.8 Å². The van der Waals surface area contributed by atoms with Gasteiger partial charge in [0.15, 0.2) is 0 Å². The van der Waals surface area contributed by atoms with Crippen molar-refractivity contribution in [1.82, 2.24) is 4.90 Å². The molecular weight excluding hydrogens is 376 g/mol. The Kier molecular flexibility index (Phi) is 5.74. The van der Waals surface area contributed by atoms with Crippen LogP contribution >= 0.6 is 11.3 Å². The van der Waals surface area contributed by atoms with Crippen LogP contribution in [-0.4, -0.2) is 41.9 Å². The Morgan fingerprint density at radius 3 is 2.68 bits per heavy atom. The minimum Gasteiger partial charge on any atom is -0.462 e. The van der Waals surface area contributed by atoms with E-state index >= 15 is 0 Å². The maximum absolute atomic E-state index is 12.8. The van der Waals surface area contributed by atoms with E-state index in [0.29, 0.717) is 30.1 Å². The van der Waals surface area contributed by atoms with Crippen molar-refractivity contribution in [3.05, 3.63) is 29.1 Å². The van der Waals surface area contributed by atoms with Gasteiger partial charge in [-0.3, -0.25) is 9.59 Å². The van der Waals surface area contributed by atoms with E-state index in [4.69, 9.17) is 4.74 Å². The summed E-state index contributed by atoms with van der Waals surface area (Å²) < 4.78 is 6.00. The smallest absolute Gasteiger partial charge is 0.348 e. The molecule has 28 heavy (non-hydrogen) atoms. The molecule has 0 radical (unpaired) electrons. The SMILES string of the molecule is CCOC(=O)c1cc2cc(NC(=O)C3CCCN3C(=O)C(C)(C)C)ccc2s1. The van der Waals surface area contributed by atoms with Gasteiger partial charge < -0.3 is 15.0 Å². The Morgan fingerprint density at radius 2 is 2.00 bits per heavy atom. The lowest BCUT2D eigenvalue weighted by Gasteiger charge is -2.30. The lowest BCUT2D eigenvalue weighted by atomic mass is 9.94. The van der Waals surface area contributed by atoms with Gasteiger partial charge in [0.1, 0.15) is 10.9 Å². The van der Waals surface area contributed by atoms with Crippen LogP contribution in [0.3, 0.4) is 0 Å². The fraction of sp³-hybridized carbons (Fsp3) is 0.476. The topological polar surface area (TPSA) is 75.7 Å². The number of benzene rings is 1. The quantitative estimate of drug-likeness (QED) is 0.783. The summed E-state index contributed by atoms with van der Waals surface area (Å²) in [4.78, 5) is 39.6. The maximum Gasteiger partial charge on any atom is 0.348 e. The summed E-state index contributed by atoms with van der Waals surface area (Å²) in [6.45, 7) is 8.33. The zero-order valence-corrected chi connectivity index (χ0v) is 17.5. The number of ether oxygens (including phenoxy) is 1. The van der Waals surface area contributed by atoms with Gasteiger partial charge >= 0.3 is 5.97 Å². The number of amides is 2. The monoisotopic (exact) mass is 402 g/mol. The van der Waals surface area contributed by atoms with Crippen LogP contribution in [0.25, 0.3) is 10.1 Å². The lowest BCUT2D eigenvalue weighted by molar-refractivity contribution is -0.143. The van der Waals surface area contributed by atoms with Crippen molar-refractivity contribution in [3.63, 3.8) is 0 Å². The van der Waals surface area contributed by atoms with E-state index in [0.717, 1.165) is 16.5 Å². The van der Waals surface area contributed by atoms with E-state index in [-0.39, 0.29) is 17.8 Å². The highest BCUT2D eigenvalue weighted by molar-refractivity contribution is 7.20. The highest BCUT2D eigenvalue weighted by Crippen LogP contribution is 2.30. The van der Waals surface area contributed by atoms with Crippen molar-refractivity contribution in [3.8, 4) is 0 Å². The molecule has 2 amide bonds. The number of esters is 1. The van der Waals surface area contributed by atoms with E-state index in [1.165, 1.54) is 11.3 Å². The summed E-state index contributed by atoms with van der Waals surface area (Å²) in [5.74, 6) is -0.510. The highest BCUT2D eigenvalue weighted by Gasteiger charge is 2.38. The first kappa shape index (κ1) is 20.3. The van der Waals surface area contributed by atoms with Crippen LogP contribution in [0.15, 0.2) is 24.3 Å². The van der Waals surface area contributed by atoms with Crippen LogP contribution in [0.2, 0.25) is 0 Å². The number of anilines is 1. The molecule has 1 aliphatic heterocycles. The van der Waals surface area contributed by atoms with Crippen LogP contribution in [0.5, 0.6) is 0 Å². The van der Waals surface area contributed by atoms with Crippen molar-refractivity contribution in [1.29, 1.82) is 0 Å². The minimum absolute atomic E-state index is 0.00230. The summed E-state index contributed by atoms with van der Waals surface area (Å²) >= 11 is 1.37. The third-order valence-electron chi connectivity index (χ3n) is 4.72. The summed E-state index contributed by atoms with van der Waals surface area (Å²) in [5.41, 5.74) is 0.142. The number of likely N-dealkylation sites (tertiary alicyclic amines) is 1. The van der Waals surface area contributed by atoms with Gasteiger partial charge in [-0.05, 0) is 49.4 Å². The molecule has 7 heteroatoms. The van der Waals surface area contributed by atoms with Crippen molar-refractivity contribution >= 4 is 44.9 Å². The average molecular weight is 403 g/mol. The van der Waals surface area contributed by atoms with Crippen molar-refractivity contribution in [2.45, 2.75) is 46.6 Å². The van der Waals surface area contributed by atoms with Gasteiger partial charge in [-0.25, -0.2) is 4.79 Å². The number of carbonyl (C=O) groups excluding carboxylic acids is 3. The molecule has 2 heterocycles. The van der Waals surface area contributed by atoms with Gasteiger partial charge in [-0.2, -0.15) is 0 Å². The fourth-order valence-electron chi connectivity index (χ4n) is 3.36. The fourth-order valence-corrected chi connectivity index (χ4v) is 4.30. The predicted molar refractivity (Wildman–Crippen MR) is 111 cm³/mol. The summed E-state index contributed by atoms with van der Waals surface area (Å²) in [7, 11) is 0. The van der Waals surface area contributed by atoms with Crippen LogP contribution in [0.4, 0.5) is 5.69 Å². The zero-order chi connectivity index (χ0) is 20.5. The van der Waals surface area contributed by atoms with Crippen LogP contribution < -0.4 is 5.32 Å². The number of nitrogens with one attached hydrogen (secondary N) is 1. The zero-order valence-electron chi connectivity index (χ0n) is 16.7. The van der Waals surface area contributed by atoms with Gasteiger partial charge in [0.05, 0.1) is 6.61 Å². The normalized spacial score (nSPS) is 17.0. The number of carbonyl (C=O) groups is 3. The molecule has 0 bridgehead atoms. The molecule has 2 aromatic rings. The predicted octanol–water partition coefficient (Wildman–Crippen LogP) is 4.05. The third-order valence-corrected chi connectivity index (χ3v) is 5.81. The first-order valence-electron chi connectivity index (χ1n) is 9.53. The first-order valence-corrected chi connectivity index (χ1v) is 10.3. The molecule has 1 saturated heterocycles. The summed E-state index contributed by atoms with van der Waals surface area (Å²) in [6, 6.07) is 6.87. The molecule has 0 spiro atoms. The van der Waals surface area contributed by atoms with E-state index in [1.807, 2.05) is 39.0 Å². The molecule has 1 unspecified atom stereocenters. The number of hydrogen-bond donors (Lipinski definition) is 1. The van der Waals surface area contributed by atoms with Gasteiger partial charge in [0, 0.05) is 22.3 Å². The molecule has 1 atom stereocenters. The summed E-state index contributed by atoms with van der Waals surface area (Å²) in [5, 5.41) is 3.81.